The number of halogens is 3. The zero-order valence-electron chi connectivity index (χ0n) is 32.6. The van der Waals surface area contributed by atoms with Crippen molar-refractivity contribution in [2.24, 2.45) is 0 Å². The molecule has 0 aliphatic rings. The highest BCUT2D eigenvalue weighted by atomic mass is 32.2. The van der Waals surface area contributed by atoms with E-state index in [0.29, 0.717) is 0 Å². The van der Waals surface area contributed by atoms with Crippen molar-refractivity contribution in [1.29, 1.82) is 0 Å². The van der Waals surface area contributed by atoms with E-state index in [9.17, 15) is 13.2 Å². The van der Waals surface area contributed by atoms with Gasteiger partial charge in [-0.25, -0.2) is 0 Å². The smallest absolute Gasteiger partial charge is 0.522 e. The number of benzene rings is 4. The second-order valence-corrected chi connectivity index (χ2v) is 21.0. The van der Waals surface area contributed by atoms with Gasteiger partial charge in [0.15, 0.2) is 0 Å². The summed E-state index contributed by atoms with van der Waals surface area (Å²) in [4.78, 5) is 0. The van der Waals surface area contributed by atoms with Gasteiger partial charge < -0.3 is 1.43 Å². The van der Waals surface area contributed by atoms with Crippen LogP contribution in [0.3, 0.4) is 0 Å². The van der Waals surface area contributed by atoms with Gasteiger partial charge in [-0.05, 0) is 78.8 Å². The third-order valence-corrected chi connectivity index (χ3v) is 11.2. The van der Waals surface area contributed by atoms with Crippen molar-refractivity contribution in [2.45, 2.75) is 110 Å². The molecule has 4 aromatic rings. The third-order valence-electron chi connectivity index (χ3n) is 7.97. The summed E-state index contributed by atoms with van der Waals surface area (Å²) in [6.07, 6.45) is 0. The third kappa shape index (κ3) is 14.6. The summed E-state index contributed by atoms with van der Waals surface area (Å²) in [7, 11) is -4.91. The van der Waals surface area contributed by atoms with E-state index < -0.39 is 15.6 Å². The zero-order chi connectivity index (χ0) is 38.3. The fourth-order valence-electron chi connectivity index (χ4n) is 4.62. The van der Waals surface area contributed by atoms with Crippen LogP contribution in [0.25, 0.3) is 0 Å². The van der Waals surface area contributed by atoms with E-state index in [-0.39, 0.29) is 31.7 Å². The first-order chi connectivity index (χ1) is 22.6. The van der Waals surface area contributed by atoms with Crippen molar-refractivity contribution in [3.63, 3.8) is 0 Å². The van der Waals surface area contributed by atoms with Gasteiger partial charge in [-0.3, -0.25) is 4.55 Å². The average Bonchev–Trinajstić information content (AvgIpc) is 2.96. The van der Waals surface area contributed by atoms with Crippen LogP contribution in [0.1, 0.15) is 107 Å². The van der Waals surface area contributed by atoms with E-state index in [1.807, 2.05) is 0 Å². The molecular formula is C41H57F3O3P2S. The fourth-order valence-corrected chi connectivity index (χ4v) is 6.78. The maximum Gasteiger partial charge on any atom is 0.522 e. The number of rotatable bonds is 4. The highest BCUT2D eigenvalue weighted by Crippen LogP contribution is 2.26. The highest BCUT2D eigenvalue weighted by molar-refractivity contribution is 7.86. The van der Waals surface area contributed by atoms with Gasteiger partial charge in [-0.15, -0.1) is 0 Å². The van der Waals surface area contributed by atoms with Crippen LogP contribution < -0.4 is 21.2 Å². The summed E-state index contributed by atoms with van der Waals surface area (Å²) in [5.74, 6) is 0. The van der Waals surface area contributed by atoms with Crippen molar-refractivity contribution < 1.29 is 27.6 Å². The molecule has 4 aromatic carbocycles. The Labute approximate surface area is 304 Å². The molecular weight excluding hydrogens is 691 g/mol. The Morgan fingerprint density at radius 1 is 0.480 bits per heavy atom. The summed E-state index contributed by atoms with van der Waals surface area (Å²) in [6.45, 7) is 27.1. The first kappa shape index (κ1) is 43.6. The van der Waals surface area contributed by atoms with E-state index in [1.54, 1.807) is 0 Å². The van der Waals surface area contributed by atoms with Gasteiger partial charge in [-0.2, -0.15) is 21.6 Å². The normalized spacial score (nSPS) is 12.7. The molecule has 0 radical (unpaired) electrons. The van der Waals surface area contributed by atoms with Crippen LogP contribution in [0.2, 0.25) is 0 Å². The SMILES string of the molecule is CC(C)(C)c1ccc(Pc2ccc(C(C)(C)C)cc2)cc1.CC(C)(C)c1ccc([PH2+]c2ccc(C(C)(C)C)cc2)cc1.O=S(=O)(O)C(F)(F)F.[H-]. The minimum Gasteiger partial charge on any atom is -1.00 e. The molecule has 0 aliphatic heterocycles. The van der Waals surface area contributed by atoms with Crippen molar-refractivity contribution in [2.75, 3.05) is 0 Å². The molecule has 1 N–H and O–H groups in total. The summed E-state index contributed by atoms with van der Waals surface area (Å²) in [5, 5.41) is 5.75. The van der Waals surface area contributed by atoms with Crippen LogP contribution in [-0.2, 0) is 31.8 Å². The molecule has 0 fully saturated rings. The Hall–Kier alpha value is -2.56. The van der Waals surface area contributed by atoms with E-state index in [2.05, 4.69) is 180 Å². The lowest BCUT2D eigenvalue weighted by Crippen LogP contribution is -2.21. The molecule has 3 nitrogen and oxygen atoms in total. The van der Waals surface area contributed by atoms with Crippen molar-refractivity contribution >= 4 is 48.5 Å². The molecule has 0 aliphatic carbocycles. The topological polar surface area (TPSA) is 54.4 Å². The Balaban J connectivity index is 0.000000416. The highest BCUT2D eigenvalue weighted by Gasteiger charge is 2.44. The molecule has 50 heavy (non-hydrogen) atoms. The number of alkyl halides is 3. The molecule has 0 unspecified atom stereocenters. The van der Waals surface area contributed by atoms with Crippen LogP contribution in [-0.4, -0.2) is 18.5 Å². The molecule has 9 heteroatoms. The molecule has 0 saturated heterocycles. The molecule has 0 aromatic heterocycles. The van der Waals surface area contributed by atoms with Gasteiger partial charge in [0.25, 0.3) is 0 Å². The Bertz CT molecular complexity index is 1520. The zero-order valence-corrected chi connectivity index (χ0v) is 34.6. The van der Waals surface area contributed by atoms with Crippen LogP contribution in [0.5, 0.6) is 0 Å². The lowest BCUT2D eigenvalue weighted by atomic mass is 9.87. The molecule has 0 bridgehead atoms. The van der Waals surface area contributed by atoms with Gasteiger partial charge in [0.1, 0.15) is 0 Å². The molecule has 0 saturated carbocycles. The lowest BCUT2D eigenvalue weighted by molar-refractivity contribution is -0.0510. The maximum atomic E-state index is 10.7. The number of hydrogen-bond acceptors (Lipinski definition) is 2. The van der Waals surface area contributed by atoms with Crippen LogP contribution in [0.4, 0.5) is 13.2 Å². The van der Waals surface area contributed by atoms with Crippen LogP contribution >= 0.6 is 17.2 Å². The summed E-state index contributed by atoms with van der Waals surface area (Å²) < 4.78 is 57.5. The van der Waals surface area contributed by atoms with E-state index in [4.69, 9.17) is 13.0 Å². The van der Waals surface area contributed by atoms with Crippen LogP contribution in [0.15, 0.2) is 97.1 Å². The molecule has 4 rings (SSSR count). The van der Waals surface area contributed by atoms with Gasteiger partial charge in [-0.1, -0.05) is 164 Å². The monoisotopic (exact) mass is 748 g/mol. The summed E-state index contributed by atoms with van der Waals surface area (Å²) >= 11 is 0. The predicted octanol–water partition coefficient (Wildman–Crippen LogP) is 10.1. The second-order valence-electron chi connectivity index (χ2n) is 16.6. The van der Waals surface area contributed by atoms with Gasteiger partial charge in [0.05, 0.1) is 19.2 Å². The molecule has 0 spiro atoms. The van der Waals surface area contributed by atoms with Crippen LogP contribution in [0, 0.1) is 0 Å². The standard InChI is InChI=1S/2C20H27P.CHF3O3S.H/c2*1-19(2,3)15-7-11-17(12-8-15)21-18-13-9-16(10-14-18)20(4,5)6;2-1(3,4)8(5,6)7;/h2*7-14,21H,1-6H3;(H,5,6,7);/q;;;-1/p+1. The predicted molar refractivity (Wildman–Crippen MR) is 216 cm³/mol. The van der Waals surface area contributed by atoms with Gasteiger partial charge in [0.2, 0.25) is 0 Å². The second kappa shape index (κ2) is 16.8. The summed E-state index contributed by atoms with van der Waals surface area (Å²) in [6, 6.07) is 36.5. The fraction of sp³-hybridized carbons (Fsp3) is 0.415. The Morgan fingerprint density at radius 2 is 0.680 bits per heavy atom. The van der Waals surface area contributed by atoms with Gasteiger partial charge >= 0.3 is 15.6 Å². The largest absolute Gasteiger partial charge is 1.00 e. The maximum absolute atomic E-state index is 10.7. The summed E-state index contributed by atoms with van der Waals surface area (Å²) in [5.41, 5.74) is 1.03. The van der Waals surface area contributed by atoms with E-state index in [0.717, 1.165) is 8.58 Å². The van der Waals surface area contributed by atoms with Crippen molar-refractivity contribution in [3.05, 3.63) is 119 Å². The van der Waals surface area contributed by atoms with Gasteiger partial charge in [0, 0.05) is 0 Å². The average molecular weight is 749 g/mol. The Morgan fingerprint density at radius 3 is 0.860 bits per heavy atom. The minimum absolute atomic E-state index is 0. The molecule has 0 atom stereocenters. The van der Waals surface area contributed by atoms with Crippen molar-refractivity contribution in [3.8, 4) is 0 Å². The molecule has 276 valence electrons. The van der Waals surface area contributed by atoms with E-state index >= 15 is 0 Å². The first-order valence-electron chi connectivity index (χ1n) is 16.6. The van der Waals surface area contributed by atoms with E-state index in [1.165, 1.54) is 43.5 Å². The van der Waals surface area contributed by atoms with Crippen molar-refractivity contribution in [1.82, 2.24) is 0 Å². The Kier molecular flexibility index (Phi) is 14.7. The number of hydrogen-bond donors (Lipinski definition) is 1. The molecule has 0 heterocycles. The lowest BCUT2D eigenvalue weighted by Gasteiger charge is -2.20. The minimum atomic E-state index is -5.84. The quantitative estimate of drug-likeness (QED) is 0.129. The molecule has 0 amide bonds. The first-order valence-corrected chi connectivity index (χ1v) is 20.2.